The number of thiazole rings is 1. The summed E-state index contributed by atoms with van der Waals surface area (Å²) in [5, 5.41) is 6.65. The van der Waals surface area contributed by atoms with Gasteiger partial charge in [0.15, 0.2) is 10.8 Å². The summed E-state index contributed by atoms with van der Waals surface area (Å²) in [4.78, 5) is 48.8. The van der Waals surface area contributed by atoms with Gasteiger partial charge < -0.3 is 15.5 Å². The minimum absolute atomic E-state index is 0.0401. The van der Waals surface area contributed by atoms with Crippen molar-refractivity contribution in [3.8, 4) is 0 Å². The second kappa shape index (κ2) is 9.54. The molecule has 0 spiro atoms. The van der Waals surface area contributed by atoms with Gasteiger partial charge in [0.2, 0.25) is 11.8 Å². The minimum Gasteiger partial charge on any atom is -0.353 e. The third-order valence-electron chi connectivity index (χ3n) is 6.39. The van der Waals surface area contributed by atoms with Crippen LogP contribution >= 0.6 is 11.3 Å². The molecule has 2 amide bonds. The van der Waals surface area contributed by atoms with Crippen molar-refractivity contribution in [1.29, 1.82) is 0 Å². The van der Waals surface area contributed by atoms with Gasteiger partial charge in [-0.2, -0.15) is 4.98 Å². The number of anilines is 2. The summed E-state index contributed by atoms with van der Waals surface area (Å²) in [5.74, 6) is -0.0855. The molecule has 2 aliphatic rings. The zero-order valence-electron chi connectivity index (χ0n) is 19.1. The van der Waals surface area contributed by atoms with E-state index in [-0.39, 0.29) is 29.8 Å². The van der Waals surface area contributed by atoms with Crippen molar-refractivity contribution in [1.82, 2.24) is 19.9 Å². The Labute approximate surface area is 201 Å². The summed E-state index contributed by atoms with van der Waals surface area (Å²) in [6.07, 6.45) is 6.03. The number of nitrogens with one attached hydrogen (secondary N) is 2. The van der Waals surface area contributed by atoms with Crippen LogP contribution in [0, 0.1) is 5.92 Å². The number of aromatic nitrogens is 3. The number of carbonyl (C=O) groups is 2. The maximum atomic E-state index is 13.0. The zero-order valence-corrected chi connectivity index (χ0v) is 19.9. The monoisotopic (exact) mass is 480 g/mol. The van der Waals surface area contributed by atoms with Crippen molar-refractivity contribution in [2.24, 2.45) is 5.92 Å². The lowest BCUT2D eigenvalue weighted by Crippen LogP contribution is -2.41. The van der Waals surface area contributed by atoms with E-state index in [0.717, 1.165) is 50.3 Å². The number of benzene rings is 1. The van der Waals surface area contributed by atoms with Crippen molar-refractivity contribution in [3.05, 3.63) is 46.5 Å². The average molecular weight is 481 g/mol. The fraction of sp³-hybridized carbons (Fsp3) is 0.458. The van der Waals surface area contributed by atoms with E-state index in [1.54, 1.807) is 0 Å². The molecule has 10 heteroatoms. The smallest absolute Gasteiger partial charge is 0.273 e. The van der Waals surface area contributed by atoms with E-state index in [2.05, 4.69) is 32.4 Å². The number of aryl methyl sites for hydroxylation is 1. The molecular weight excluding hydrogens is 452 g/mol. The molecule has 0 atom stereocenters. The van der Waals surface area contributed by atoms with Crippen LogP contribution in [0.5, 0.6) is 0 Å². The van der Waals surface area contributed by atoms with Crippen molar-refractivity contribution < 1.29 is 9.59 Å². The van der Waals surface area contributed by atoms with Crippen molar-refractivity contribution in [2.45, 2.75) is 51.6 Å². The van der Waals surface area contributed by atoms with Gasteiger partial charge in [0.1, 0.15) is 17.6 Å². The molecule has 9 nitrogen and oxygen atoms in total. The van der Waals surface area contributed by atoms with Crippen LogP contribution in [0.3, 0.4) is 0 Å². The molecule has 1 aliphatic heterocycles. The van der Waals surface area contributed by atoms with Gasteiger partial charge in [-0.25, -0.2) is 4.98 Å². The fourth-order valence-electron chi connectivity index (χ4n) is 4.14. The standard InChI is InChI=1S/C24H28N6O3S/c1-2-15-3-5-17(6-4-15)26-19(31)13-30-14-25-21-20(23(30)33)34-24(28-21)29-11-9-16(10-12-29)22(32)27-18-7-8-18/h3-6,14,16,18H,2,7-13H2,1H3,(H,26,31)(H,27,32). The van der Waals surface area contributed by atoms with Crippen molar-refractivity contribution in [3.63, 3.8) is 0 Å². The van der Waals surface area contributed by atoms with Crippen LogP contribution in [0.2, 0.25) is 0 Å². The first kappa shape index (κ1) is 22.5. The Morgan fingerprint density at radius 3 is 2.53 bits per heavy atom. The maximum Gasteiger partial charge on any atom is 0.273 e. The molecule has 3 heterocycles. The molecule has 5 rings (SSSR count). The summed E-state index contributed by atoms with van der Waals surface area (Å²) in [6.45, 7) is 3.39. The van der Waals surface area contributed by atoms with E-state index in [1.165, 1.54) is 27.8 Å². The summed E-state index contributed by atoms with van der Waals surface area (Å²) in [6, 6.07) is 8.03. The van der Waals surface area contributed by atoms with Crippen molar-refractivity contribution in [2.75, 3.05) is 23.3 Å². The van der Waals surface area contributed by atoms with Gasteiger partial charge in [0.05, 0.1) is 0 Å². The summed E-state index contributed by atoms with van der Waals surface area (Å²) in [7, 11) is 0. The van der Waals surface area contributed by atoms with Crippen LogP contribution in [-0.4, -0.2) is 45.5 Å². The quantitative estimate of drug-likeness (QED) is 0.538. The highest BCUT2D eigenvalue weighted by Gasteiger charge is 2.30. The number of carbonyl (C=O) groups excluding carboxylic acids is 2. The lowest BCUT2D eigenvalue weighted by Gasteiger charge is -2.30. The van der Waals surface area contributed by atoms with E-state index in [1.807, 2.05) is 24.3 Å². The van der Waals surface area contributed by atoms with Crippen LogP contribution in [0.1, 0.15) is 38.2 Å². The molecule has 178 valence electrons. The van der Waals surface area contributed by atoms with Crippen molar-refractivity contribution >= 4 is 44.3 Å². The molecule has 0 radical (unpaired) electrons. The Balaban J connectivity index is 1.23. The van der Waals surface area contributed by atoms with Crippen LogP contribution in [0.4, 0.5) is 10.8 Å². The van der Waals surface area contributed by atoms with E-state index in [0.29, 0.717) is 22.1 Å². The molecule has 1 saturated carbocycles. The number of hydrogen-bond donors (Lipinski definition) is 2. The molecule has 1 aliphatic carbocycles. The zero-order chi connectivity index (χ0) is 23.7. The lowest BCUT2D eigenvalue weighted by atomic mass is 9.96. The lowest BCUT2D eigenvalue weighted by molar-refractivity contribution is -0.125. The average Bonchev–Trinajstić information content (AvgIpc) is 3.55. The highest BCUT2D eigenvalue weighted by molar-refractivity contribution is 7.22. The van der Waals surface area contributed by atoms with Crippen LogP contribution in [0.25, 0.3) is 10.3 Å². The van der Waals surface area contributed by atoms with E-state index >= 15 is 0 Å². The molecule has 0 bridgehead atoms. The Bertz CT molecular complexity index is 1260. The Kier molecular flexibility index (Phi) is 6.32. The normalized spacial score (nSPS) is 16.6. The molecule has 2 aromatic heterocycles. The second-order valence-corrected chi connectivity index (χ2v) is 9.95. The number of nitrogens with zero attached hydrogens (tertiary/aromatic N) is 4. The van der Waals surface area contributed by atoms with Gasteiger partial charge in [-0.1, -0.05) is 30.4 Å². The number of amides is 2. The van der Waals surface area contributed by atoms with Gasteiger partial charge in [-0.15, -0.1) is 0 Å². The molecule has 34 heavy (non-hydrogen) atoms. The van der Waals surface area contributed by atoms with Gasteiger partial charge in [0.25, 0.3) is 5.56 Å². The van der Waals surface area contributed by atoms with E-state index in [9.17, 15) is 14.4 Å². The first-order valence-electron chi connectivity index (χ1n) is 11.8. The first-order valence-corrected chi connectivity index (χ1v) is 12.6. The molecule has 1 aromatic carbocycles. The van der Waals surface area contributed by atoms with Crippen LogP contribution in [0.15, 0.2) is 35.4 Å². The van der Waals surface area contributed by atoms with Gasteiger partial charge in [-0.3, -0.25) is 19.0 Å². The number of piperidine rings is 1. The summed E-state index contributed by atoms with van der Waals surface area (Å²) in [5.41, 5.74) is 2.00. The molecule has 2 N–H and O–H groups in total. The Morgan fingerprint density at radius 1 is 1.12 bits per heavy atom. The van der Waals surface area contributed by atoms with Crippen LogP contribution < -0.4 is 21.1 Å². The predicted octanol–water partition coefficient (Wildman–Crippen LogP) is 2.55. The Morgan fingerprint density at radius 2 is 1.85 bits per heavy atom. The second-order valence-electron chi connectivity index (χ2n) is 8.97. The third-order valence-corrected chi connectivity index (χ3v) is 7.49. The van der Waals surface area contributed by atoms with Gasteiger partial charge in [0, 0.05) is 30.7 Å². The fourth-order valence-corrected chi connectivity index (χ4v) is 5.16. The van der Waals surface area contributed by atoms with E-state index < -0.39 is 0 Å². The van der Waals surface area contributed by atoms with E-state index in [4.69, 9.17) is 0 Å². The SMILES string of the molecule is CCc1ccc(NC(=O)Cn2cnc3nc(N4CCC(C(=O)NC5CC5)CC4)sc3c2=O)cc1. The van der Waals surface area contributed by atoms with Gasteiger partial charge in [-0.05, 0) is 49.8 Å². The largest absolute Gasteiger partial charge is 0.353 e. The summed E-state index contributed by atoms with van der Waals surface area (Å²) < 4.78 is 1.75. The first-order chi connectivity index (χ1) is 16.5. The van der Waals surface area contributed by atoms with Crippen LogP contribution in [-0.2, 0) is 22.6 Å². The topological polar surface area (TPSA) is 109 Å². The van der Waals surface area contributed by atoms with Gasteiger partial charge >= 0.3 is 0 Å². The number of fused-ring (bicyclic) bond motifs is 1. The molecule has 2 fully saturated rings. The Hall–Kier alpha value is -3.27. The number of rotatable bonds is 7. The number of hydrogen-bond acceptors (Lipinski definition) is 7. The molecular formula is C24H28N6O3S. The summed E-state index contributed by atoms with van der Waals surface area (Å²) >= 11 is 1.30. The predicted molar refractivity (Wildman–Crippen MR) is 132 cm³/mol. The highest BCUT2D eigenvalue weighted by atomic mass is 32.1. The minimum atomic E-state index is -0.288. The molecule has 0 unspecified atom stereocenters. The highest BCUT2D eigenvalue weighted by Crippen LogP contribution is 2.30. The third kappa shape index (κ3) is 4.96. The molecule has 3 aromatic rings. The maximum absolute atomic E-state index is 13.0. The molecule has 1 saturated heterocycles.